The Labute approximate surface area is 296 Å². The largest absolute Gasteiger partial charge is 0.463 e. The number of rotatable bonds is 37. The van der Waals surface area contributed by atoms with Crippen LogP contribution in [0.2, 0.25) is 0 Å². The van der Waals surface area contributed by atoms with Crippen LogP contribution < -0.4 is 0 Å². The summed E-state index contributed by atoms with van der Waals surface area (Å²) in [5, 5.41) is 30.3. The predicted molar refractivity (Wildman–Crippen MR) is 199 cm³/mol. The van der Waals surface area contributed by atoms with Crippen LogP contribution in [-0.2, 0) is 19.1 Å². The molecule has 0 radical (unpaired) electrons. The average molecular weight is 683 g/mol. The molecule has 0 aliphatic rings. The Morgan fingerprint density at radius 1 is 0.479 bits per heavy atom. The number of aliphatic hydroxyl groups excluding tert-OH is 3. The van der Waals surface area contributed by atoms with Crippen molar-refractivity contribution in [2.45, 2.75) is 225 Å². The molecule has 0 aromatic carbocycles. The Balaban J connectivity index is 3.51. The van der Waals surface area contributed by atoms with Gasteiger partial charge in [0, 0.05) is 12.8 Å². The number of ether oxygens (including phenoxy) is 2. The highest BCUT2D eigenvalue weighted by atomic mass is 16.6. The number of allylic oxidation sites excluding steroid dienone is 1. The van der Waals surface area contributed by atoms with Crippen LogP contribution in [0.3, 0.4) is 0 Å². The lowest BCUT2D eigenvalue weighted by Gasteiger charge is -2.16. The zero-order valence-corrected chi connectivity index (χ0v) is 31.5. The number of aliphatic hydroxyl groups is 3. The van der Waals surface area contributed by atoms with Gasteiger partial charge in [-0.1, -0.05) is 167 Å². The molecule has 48 heavy (non-hydrogen) atoms. The molecule has 0 saturated heterocycles. The molecule has 284 valence electrons. The van der Waals surface area contributed by atoms with Crippen LogP contribution >= 0.6 is 0 Å². The van der Waals surface area contributed by atoms with Gasteiger partial charge in [-0.25, -0.2) is 0 Å². The summed E-state index contributed by atoms with van der Waals surface area (Å²) >= 11 is 0. The molecule has 0 aromatic heterocycles. The zero-order valence-electron chi connectivity index (χ0n) is 31.5. The Morgan fingerprint density at radius 2 is 0.854 bits per heavy atom. The highest BCUT2D eigenvalue weighted by molar-refractivity contribution is 5.69. The van der Waals surface area contributed by atoms with Crippen molar-refractivity contribution < 1.29 is 34.4 Å². The molecule has 0 spiro atoms. The van der Waals surface area contributed by atoms with Crippen LogP contribution in [0.1, 0.15) is 206 Å². The molecule has 0 rings (SSSR count). The Morgan fingerprint density at radius 3 is 1.29 bits per heavy atom. The summed E-state index contributed by atoms with van der Waals surface area (Å²) in [5.74, 6) is -0.664. The van der Waals surface area contributed by atoms with Gasteiger partial charge in [-0.2, -0.15) is 0 Å². The van der Waals surface area contributed by atoms with Crippen LogP contribution in [0.5, 0.6) is 0 Å². The molecule has 0 aliphatic carbocycles. The van der Waals surface area contributed by atoms with E-state index in [2.05, 4.69) is 19.9 Å². The van der Waals surface area contributed by atoms with Crippen LogP contribution in [0, 0.1) is 0 Å². The number of esters is 2. The molecule has 0 saturated carbocycles. The first kappa shape index (κ1) is 46.6. The van der Waals surface area contributed by atoms with Gasteiger partial charge in [0.2, 0.25) is 0 Å². The molecule has 0 unspecified atom stereocenters. The van der Waals surface area contributed by atoms with Crippen LogP contribution in [0.25, 0.3) is 0 Å². The molecule has 3 N–H and O–H groups in total. The normalized spacial score (nSPS) is 13.5. The first-order valence-electron chi connectivity index (χ1n) is 20.4. The third-order valence-corrected chi connectivity index (χ3v) is 9.20. The Hall–Kier alpha value is -1.44. The summed E-state index contributed by atoms with van der Waals surface area (Å²) in [5.41, 5.74) is 0. The first-order chi connectivity index (χ1) is 23.4. The summed E-state index contributed by atoms with van der Waals surface area (Å²) in [6, 6.07) is 0. The van der Waals surface area contributed by atoms with Gasteiger partial charge in [0.05, 0.1) is 12.2 Å². The highest BCUT2D eigenvalue weighted by Gasteiger charge is 2.14. The molecule has 0 heterocycles. The van der Waals surface area contributed by atoms with Crippen molar-refractivity contribution in [3.8, 4) is 0 Å². The Bertz CT molecular complexity index is 726. The third kappa shape index (κ3) is 34.4. The van der Waals surface area contributed by atoms with Crippen LogP contribution in [-0.4, -0.2) is 58.8 Å². The van der Waals surface area contributed by atoms with Crippen molar-refractivity contribution in [2.24, 2.45) is 0 Å². The number of carbonyl (C=O) groups excluding carboxylic acids is 2. The van der Waals surface area contributed by atoms with Crippen molar-refractivity contribution in [1.82, 2.24) is 0 Å². The van der Waals surface area contributed by atoms with Crippen molar-refractivity contribution in [3.63, 3.8) is 0 Å². The summed E-state index contributed by atoms with van der Waals surface area (Å²) < 4.78 is 10.3. The molecule has 0 amide bonds. The maximum Gasteiger partial charge on any atom is 0.305 e. The minimum absolute atomic E-state index is 0.152. The van der Waals surface area contributed by atoms with Gasteiger partial charge in [-0.3, -0.25) is 9.59 Å². The van der Waals surface area contributed by atoms with Gasteiger partial charge in [-0.15, -0.1) is 0 Å². The van der Waals surface area contributed by atoms with Gasteiger partial charge < -0.3 is 24.8 Å². The van der Waals surface area contributed by atoms with Gasteiger partial charge in [0.15, 0.2) is 0 Å². The lowest BCUT2D eigenvalue weighted by atomic mass is 10.0. The number of carbonyl (C=O) groups is 2. The van der Waals surface area contributed by atoms with E-state index >= 15 is 0 Å². The van der Waals surface area contributed by atoms with Gasteiger partial charge in [-0.05, 0) is 38.5 Å². The molecular weight excluding hydrogens is 604 g/mol. The maximum atomic E-state index is 12.0. The molecule has 7 nitrogen and oxygen atoms in total. The van der Waals surface area contributed by atoms with E-state index < -0.39 is 18.3 Å². The van der Waals surface area contributed by atoms with Crippen molar-refractivity contribution >= 4 is 11.9 Å². The Kier molecular flexibility index (Phi) is 35.7. The predicted octanol–water partition coefficient (Wildman–Crippen LogP) is 10.5. The van der Waals surface area contributed by atoms with Crippen molar-refractivity contribution in [1.29, 1.82) is 0 Å². The van der Waals surface area contributed by atoms with Crippen molar-refractivity contribution in [2.75, 3.05) is 13.2 Å². The molecule has 0 aromatic rings. The second-order valence-corrected chi connectivity index (χ2v) is 14.1. The van der Waals surface area contributed by atoms with E-state index in [4.69, 9.17) is 9.47 Å². The standard InChI is InChI=1S/C41H78O7/c1-3-5-7-9-11-12-13-14-15-16-17-18-19-20-21-25-29-33-40(45)47-35-37(42)36-48-41(46)34-30-26-22-24-28-32-39(44)38(43)31-27-23-10-8-6-4-2/h23,27,37-39,42-44H,3-22,24-26,28-36H2,1-2H3/b27-23-/t37-,38-,39-/m1/s1. The lowest BCUT2D eigenvalue weighted by Crippen LogP contribution is -2.25. The first-order valence-corrected chi connectivity index (χ1v) is 20.4. The van der Waals surface area contributed by atoms with Crippen LogP contribution in [0.4, 0.5) is 0 Å². The topological polar surface area (TPSA) is 113 Å². The van der Waals surface area contributed by atoms with E-state index in [0.717, 1.165) is 51.4 Å². The number of hydrogen-bond acceptors (Lipinski definition) is 7. The van der Waals surface area contributed by atoms with E-state index in [1.807, 2.05) is 6.08 Å². The fraction of sp³-hybridized carbons (Fsp3) is 0.902. The summed E-state index contributed by atoms with van der Waals surface area (Å²) in [6.07, 6.45) is 34.4. The van der Waals surface area contributed by atoms with E-state index in [-0.39, 0.29) is 31.6 Å². The zero-order chi connectivity index (χ0) is 35.3. The molecule has 0 aliphatic heterocycles. The van der Waals surface area contributed by atoms with Crippen molar-refractivity contribution in [3.05, 3.63) is 12.2 Å². The summed E-state index contributed by atoms with van der Waals surface area (Å²) in [6.45, 7) is 4.13. The molecule has 0 fully saturated rings. The van der Waals surface area contributed by atoms with Gasteiger partial charge in [0.1, 0.15) is 19.3 Å². The van der Waals surface area contributed by atoms with Gasteiger partial charge >= 0.3 is 11.9 Å². The second kappa shape index (κ2) is 36.8. The average Bonchev–Trinajstić information content (AvgIpc) is 3.08. The van der Waals surface area contributed by atoms with E-state index in [9.17, 15) is 24.9 Å². The van der Waals surface area contributed by atoms with Crippen LogP contribution in [0.15, 0.2) is 12.2 Å². The lowest BCUT2D eigenvalue weighted by molar-refractivity contribution is -0.152. The molecular formula is C41H78O7. The minimum atomic E-state index is -1.01. The van der Waals surface area contributed by atoms with E-state index in [1.54, 1.807) is 0 Å². The summed E-state index contributed by atoms with van der Waals surface area (Å²) in [4.78, 5) is 24.0. The maximum absolute atomic E-state index is 12.0. The molecule has 3 atom stereocenters. The van der Waals surface area contributed by atoms with Gasteiger partial charge in [0.25, 0.3) is 0 Å². The minimum Gasteiger partial charge on any atom is -0.463 e. The van der Waals surface area contributed by atoms with E-state index in [1.165, 1.54) is 109 Å². The second-order valence-electron chi connectivity index (χ2n) is 14.1. The smallest absolute Gasteiger partial charge is 0.305 e. The molecule has 0 bridgehead atoms. The van der Waals surface area contributed by atoms with E-state index in [0.29, 0.717) is 25.7 Å². The fourth-order valence-corrected chi connectivity index (χ4v) is 5.93. The molecule has 7 heteroatoms. The fourth-order valence-electron chi connectivity index (χ4n) is 5.93. The number of unbranched alkanes of at least 4 members (excludes halogenated alkanes) is 23. The quantitative estimate of drug-likeness (QED) is 0.0339. The monoisotopic (exact) mass is 683 g/mol. The third-order valence-electron chi connectivity index (χ3n) is 9.20. The SMILES string of the molecule is CCCCC/C=C\C[C@@H](O)[C@H](O)CCCCCCCC(=O)OC[C@H](O)COC(=O)CCCCCCCCCCCCCCCCCCC. The highest BCUT2D eigenvalue weighted by Crippen LogP contribution is 2.15. The summed E-state index contributed by atoms with van der Waals surface area (Å²) in [7, 11) is 0. The number of hydrogen-bond donors (Lipinski definition) is 3.